The molecule has 1 atom stereocenters. The van der Waals surface area contributed by atoms with Crippen molar-refractivity contribution in [1.82, 2.24) is 10.4 Å². The number of methoxy groups -OCH3 is 1. The smallest absolute Gasteiger partial charge is 0.337 e. The van der Waals surface area contributed by atoms with Crippen LogP contribution in [0.1, 0.15) is 22.0 Å². The summed E-state index contributed by atoms with van der Waals surface area (Å²) in [5.41, 5.74) is 6.27. The summed E-state index contributed by atoms with van der Waals surface area (Å²) in [5, 5.41) is 5.51. The predicted molar refractivity (Wildman–Crippen MR) is 109 cm³/mol. The Kier molecular flexibility index (Phi) is 5.03. The zero-order valence-electron chi connectivity index (χ0n) is 15.1. The molecular weight excluding hydrogens is 376 g/mol. The van der Waals surface area contributed by atoms with Crippen LogP contribution in [-0.2, 0) is 9.53 Å². The van der Waals surface area contributed by atoms with Crippen LogP contribution in [0.15, 0.2) is 65.8 Å². The number of amides is 1. The predicted octanol–water partition coefficient (Wildman–Crippen LogP) is 3.22. The number of nitrogens with one attached hydrogen (secondary N) is 2. The lowest BCUT2D eigenvalue weighted by molar-refractivity contribution is -0.113. The summed E-state index contributed by atoms with van der Waals surface area (Å²) in [5.74, 6) is -0.351. The molecule has 2 aliphatic rings. The highest BCUT2D eigenvalue weighted by molar-refractivity contribution is 8.14. The van der Waals surface area contributed by atoms with E-state index in [9.17, 15) is 9.59 Å². The normalized spacial score (nSPS) is 16.5. The summed E-state index contributed by atoms with van der Waals surface area (Å²) < 4.78 is 4.66. The lowest BCUT2D eigenvalue weighted by atomic mass is 10.0. The van der Waals surface area contributed by atoms with Gasteiger partial charge in [-0.05, 0) is 36.4 Å². The Morgan fingerprint density at radius 2 is 2.00 bits per heavy atom. The zero-order chi connectivity index (χ0) is 19.5. The van der Waals surface area contributed by atoms with Crippen LogP contribution < -0.4 is 10.7 Å². The van der Waals surface area contributed by atoms with E-state index in [4.69, 9.17) is 0 Å². The molecule has 1 amide bonds. The van der Waals surface area contributed by atoms with Gasteiger partial charge in [-0.2, -0.15) is 0 Å². The van der Waals surface area contributed by atoms with Crippen LogP contribution in [0.2, 0.25) is 0 Å². The molecule has 0 saturated heterocycles. The van der Waals surface area contributed by atoms with E-state index in [0.717, 1.165) is 16.4 Å². The summed E-state index contributed by atoms with van der Waals surface area (Å²) in [7, 11) is 1.33. The Bertz CT molecular complexity index is 972. The van der Waals surface area contributed by atoms with Crippen molar-refractivity contribution in [2.24, 2.45) is 4.99 Å². The maximum Gasteiger partial charge on any atom is 0.337 e. The van der Waals surface area contributed by atoms with Gasteiger partial charge >= 0.3 is 5.97 Å². The molecule has 0 spiro atoms. The SMILES string of the molecule is COC(=O)c1ccc(NC(=O)CSC2=Nc3ccccc3[C@H]3C=CNN23)cc1. The summed E-state index contributed by atoms with van der Waals surface area (Å²) in [6.45, 7) is 0. The van der Waals surface area contributed by atoms with Gasteiger partial charge in [0.05, 0.1) is 30.2 Å². The molecule has 2 aromatic carbocycles. The second-order valence-electron chi connectivity index (χ2n) is 6.16. The van der Waals surface area contributed by atoms with Crippen molar-refractivity contribution in [3.8, 4) is 0 Å². The Morgan fingerprint density at radius 1 is 1.21 bits per heavy atom. The highest BCUT2D eigenvalue weighted by atomic mass is 32.2. The maximum atomic E-state index is 12.3. The number of esters is 1. The minimum atomic E-state index is -0.412. The van der Waals surface area contributed by atoms with Crippen molar-refractivity contribution >= 4 is 40.2 Å². The molecular formula is C20H18N4O3S. The molecule has 28 heavy (non-hydrogen) atoms. The summed E-state index contributed by atoms with van der Waals surface area (Å²) in [4.78, 5) is 28.5. The van der Waals surface area contributed by atoms with E-state index in [1.807, 2.05) is 29.4 Å². The van der Waals surface area contributed by atoms with E-state index in [-0.39, 0.29) is 17.7 Å². The standard InChI is InChI=1S/C20H18N4O3S/c1-27-19(26)13-6-8-14(9-7-13)22-18(25)12-28-20-23-16-5-3-2-4-15(16)17-10-11-21-24(17)20/h2-11,17,21H,12H2,1H3,(H,22,25)/t17-/m1/s1. The fourth-order valence-electron chi connectivity index (χ4n) is 3.03. The van der Waals surface area contributed by atoms with Gasteiger partial charge in [-0.25, -0.2) is 9.79 Å². The van der Waals surface area contributed by atoms with Gasteiger partial charge in [0.25, 0.3) is 0 Å². The molecule has 4 rings (SSSR count). The number of para-hydroxylation sites is 1. The van der Waals surface area contributed by atoms with Gasteiger partial charge in [0, 0.05) is 17.5 Å². The van der Waals surface area contributed by atoms with Crippen molar-refractivity contribution < 1.29 is 14.3 Å². The fourth-order valence-corrected chi connectivity index (χ4v) is 3.83. The number of anilines is 1. The van der Waals surface area contributed by atoms with Gasteiger partial charge in [0.2, 0.25) is 5.91 Å². The second kappa shape index (κ2) is 7.77. The molecule has 7 nitrogen and oxygen atoms in total. The molecule has 142 valence electrons. The fraction of sp³-hybridized carbons (Fsp3) is 0.150. The van der Waals surface area contributed by atoms with E-state index in [1.54, 1.807) is 24.3 Å². The summed E-state index contributed by atoms with van der Waals surface area (Å²) in [6.07, 6.45) is 3.95. The number of fused-ring (bicyclic) bond motifs is 3. The average Bonchev–Trinajstić information content (AvgIpc) is 3.22. The topological polar surface area (TPSA) is 83.0 Å². The Balaban J connectivity index is 1.40. The van der Waals surface area contributed by atoms with Gasteiger partial charge in [0.15, 0.2) is 5.17 Å². The largest absolute Gasteiger partial charge is 0.465 e. The molecule has 2 heterocycles. The summed E-state index contributed by atoms with van der Waals surface area (Å²) >= 11 is 1.36. The van der Waals surface area contributed by atoms with Crippen molar-refractivity contribution in [1.29, 1.82) is 0 Å². The third-order valence-electron chi connectivity index (χ3n) is 4.37. The molecule has 0 aliphatic carbocycles. The van der Waals surface area contributed by atoms with Gasteiger partial charge in [-0.3, -0.25) is 9.80 Å². The van der Waals surface area contributed by atoms with Crippen molar-refractivity contribution in [2.75, 3.05) is 18.2 Å². The number of ether oxygens (including phenoxy) is 1. The molecule has 2 aromatic rings. The molecule has 0 saturated carbocycles. The Hall–Kier alpha value is -3.26. The highest BCUT2D eigenvalue weighted by Gasteiger charge is 2.31. The van der Waals surface area contributed by atoms with Gasteiger partial charge < -0.3 is 15.5 Å². The lowest BCUT2D eigenvalue weighted by Crippen LogP contribution is -2.39. The Morgan fingerprint density at radius 3 is 2.79 bits per heavy atom. The molecule has 0 unspecified atom stereocenters. The second-order valence-corrected chi connectivity index (χ2v) is 7.10. The minimum absolute atomic E-state index is 0.0742. The first-order chi connectivity index (χ1) is 13.7. The molecule has 0 aromatic heterocycles. The molecule has 8 heteroatoms. The molecule has 0 fully saturated rings. The van der Waals surface area contributed by atoms with Crippen molar-refractivity contribution in [3.05, 3.63) is 71.9 Å². The number of hydrazine groups is 1. The number of nitrogens with zero attached hydrogens (tertiary/aromatic N) is 2. The van der Waals surface area contributed by atoms with E-state index in [2.05, 4.69) is 32.6 Å². The van der Waals surface area contributed by atoms with Crippen molar-refractivity contribution in [2.45, 2.75) is 6.04 Å². The lowest BCUT2D eigenvalue weighted by Gasteiger charge is -2.31. The Labute approximate surface area is 166 Å². The number of rotatable bonds is 4. The summed E-state index contributed by atoms with van der Waals surface area (Å²) in [6, 6.07) is 14.6. The maximum absolute atomic E-state index is 12.3. The van der Waals surface area contributed by atoms with Crippen LogP contribution >= 0.6 is 11.8 Å². The van der Waals surface area contributed by atoms with E-state index >= 15 is 0 Å². The monoisotopic (exact) mass is 394 g/mol. The van der Waals surface area contributed by atoms with Crippen LogP contribution in [0, 0.1) is 0 Å². The number of thioether (sulfide) groups is 1. The van der Waals surface area contributed by atoms with Gasteiger partial charge in [-0.15, -0.1) is 0 Å². The zero-order valence-corrected chi connectivity index (χ0v) is 15.9. The number of benzene rings is 2. The highest BCUT2D eigenvalue weighted by Crippen LogP contribution is 2.38. The number of carbonyl (C=O) groups is 2. The quantitative estimate of drug-likeness (QED) is 0.775. The molecule has 0 bridgehead atoms. The van der Waals surface area contributed by atoms with Crippen LogP contribution in [0.25, 0.3) is 0 Å². The third-order valence-corrected chi connectivity index (χ3v) is 5.32. The van der Waals surface area contributed by atoms with Crippen LogP contribution in [-0.4, -0.2) is 34.9 Å². The molecule has 2 N–H and O–H groups in total. The number of hydrogen-bond acceptors (Lipinski definition) is 7. The number of carbonyl (C=O) groups excluding carboxylic acids is 2. The number of hydrogen-bond donors (Lipinski definition) is 2. The van der Waals surface area contributed by atoms with Crippen LogP contribution in [0.3, 0.4) is 0 Å². The average molecular weight is 394 g/mol. The molecule has 0 radical (unpaired) electrons. The van der Waals surface area contributed by atoms with Gasteiger partial charge in [-0.1, -0.05) is 30.0 Å². The number of amidine groups is 1. The van der Waals surface area contributed by atoms with E-state index in [0.29, 0.717) is 11.3 Å². The van der Waals surface area contributed by atoms with Crippen LogP contribution in [0.5, 0.6) is 0 Å². The first-order valence-electron chi connectivity index (χ1n) is 8.66. The van der Waals surface area contributed by atoms with Gasteiger partial charge in [0.1, 0.15) is 0 Å². The molecule has 2 aliphatic heterocycles. The van der Waals surface area contributed by atoms with Crippen molar-refractivity contribution in [3.63, 3.8) is 0 Å². The third kappa shape index (κ3) is 3.59. The first-order valence-corrected chi connectivity index (χ1v) is 9.65. The first kappa shape index (κ1) is 18.1. The van der Waals surface area contributed by atoms with E-state index < -0.39 is 5.97 Å². The minimum Gasteiger partial charge on any atom is -0.465 e. The van der Waals surface area contributed by atoms with E-state index in [1.165, 1.54) is 18.9 Å². The number of aliphatic imine (C=N–C) groups is 1. The van der Waals surface area contributed by atoms with Crippen LogP contribution in [0.4, 0.5) is 11.4 Å².